The Morgan fingerprint density at radius 1 is 1.27 bits per heavy atom. The first-order chi connectivity index (χ1) is 7.30. The Kier molecular flexibility index (Phi) is 6.22. The molecule has 0 aromatic heterocycles. The molecule has 0 aliphatic carbocycles. The summed E-state index contributed by atoms with van der Waals surface area (Å²) in [7, 11) is 1.81. The van der Waals surface area contributed by atoms with E-state index in [1.807, 2.05) is 7.11 Å². The molecule has 1 fully saturated rings. The van der Waals surface area contributed by atoms with Gasteiger partial charge in [-0.3, -0.25) is 0 Å². The lowest BCUT2D eigenvalue weighted by Crippen LogP contribution is -2.38. The number of hydrogen-bond acceptors (Lipinski definition) is 3. The molecule has 1 heterocycles. The normalized spacial score (nSPS) is 26.4. The second-order valence-electron chi connectivity index (χ2n) is 4.50. The van der Waals surface area contributed by atoms with Crippen LogP contribution in [0.1, 0.15) is 33.1 Å². The molecule has 0 saturated carbocycles. The van der Waals surface area contributed by atoms with Crippen molar-refractivity contribution in [2.24, 2.45) is 0 Å². The van der Waals surface area contributed by atoms with E-state index >= 15 is 0 Å². The Bertz CT molecular complexity index is 158. The Hall–Kier alpha value is -0.120. The van der Waals surface area contributed by atoms with Crippen LogP contribution in [0, 0.1) is 0 Å². The van der Waals surface area contributed by atoms with Crippen LogP contribution >= 0.6 is 0 Å². The molecule has 1 aliphatic rings. The van der Waals surface area contributed by atoms with Gasteiger partial charge in [0, 0.05) is 26.2 Å². The summed E-state index contributed by atoms with van der Waals surface area (Å²) in [6.07, 6.45) is 4.10. The summed E-state index contributed by atoms with van der Waals surface area (Å²) in [6.45, 7) is 9.16. The van der Waals surface area contributed by atoms with Crippen LogP contribution in [-0.4, -0.2) is 50.3 Å². The maximum absolute atomic E-state index is 5.36. The number of ether oxygens (including phenoxy) is 1. The predicted octanol–water partition coefficient (Wildman–Crippen LogP) is 1.49. The van der Waals surface area contributed by atoms with E-state index in [0.717, 1.165) is 6.54 Å². The Balaban J connectivity index is 2.25. The molecule has 0 radical (unpaired) electrons. The molecule has 1 rings (SSSR count). The largest absolute Gasteiger partial charge is 0.380 e. The molecule has 15 heavy (non-hydrogen) atoms. The minimum Gasteiger partial charge on any atom is -0.380 e. The molecule has 2 atom stereocenters. The van der Waals surface area contributed by atoms with Crippen LogP contribution < -0.4 is 5.32 Å². The maximum Gasteiger partial charge on any atom is 0.0711 e. The topological polar surface area (TPSA) is 24.5 Å². The molecule has 0 spiro atoms. The molecule has 0 bridgehead atoms. The first kappa shape index (κ1) is 12.9. The zero-order valence-electron chi connectivity index (χ0n) is 10.5. The molecular formula is C12H26N2O. The summed E-state index contributed by atoms with van der Waals surface area (Å²) < 4.78 is 5.36. The van der Waals surface area contributed by atoms with E-state index in [-0.39, 0.29) is 0 Å². The summed E-state index contributed by atoms with van der Waals surface area (Å²) >= 11 is 0. The molecule has 0 aromatic rings. The van der Waals surface area contributed by atoms with Crippen LogP contribution in [0.5, 0.6) is 0 Å². The fraction of sp³-hybridized carbons (Fsp3) is 1.00. The number of methoxy groups -OCH3 is 1. The van der Waals surface area contributed by atoms with Crippen molar-refractivity contribution in [3.8, 4) is 0 Å². The van der Waals surface area contributed by atoms with Crippen molar-refractivity contribution >= 4 is 0 Å². The second-order valence-corrected chi connectivity index (χ2v) is 4.50. The van der Waals surface area contributed by atoms with Crippen LogP contribution in [0.25, 0.3) is 0 Å². The van der Waals surface area contributed by atoms with E-state index in [4.69, 9.17) is 4.74 Å². The zero-order valence-corrected chi connectivity index (χ0v) is 10.5. The van der Waals surface area contributed by atoms with Gasteiger partial charge in [0.05, 0.1) is 6.10 Å². The van der Waals surface area contributed by atoms with Crippen molar-refractivity contribution < 1.29 is 4.74 Å². The van der Waals surface area contributed by atoms with Gasteiger partial charge >= 0.3 is 0 Å². The Labute approximate surface area is 94.2 Å². The summed E-state index contributed by atoms with van der Waals surface area (Å²) in [5.41, 5.74) is 0. The third-order valence-electron chi connectivity index (χ3n) is 3.07. The average Bonchev–Trinajstić information content (AvgIpc) is 2.66. The Morgan fingerprint density at radius 3 is 2.40 bits per heavy atom. The van der Waals surface area contributed by atoms with Gasteiger partial charge in [0.1, 0.15) is 0 Å². The third-order valence-corrected chi connectivity index (χ3v) is 3.07. The van der Waals surface area contributed by atoms with E-state index in [9.17, 15) is 0 Å². The summed E-state index contributed by atoms with van der Waals surface area (Å²) in [5, 5.41) is 3.54. The van der Waals surface area contributed by atoms with Crippen LogP contribution in [-0.2, 0) is 4.74 Å². The van der Waals surface area contributed by atoms with Gasteiger partial charge in [-0.15, -0.1) is 0 Å². The van der Waals surface area contributed by atoms with Crippen molar-refractivity contribution in [1.29, 1.82) is 0 Å². The fourth-order valence-electron chi connectivity index (χ4n) is 2.34. The monoisotopic (exact) mass is 214 g/mol. The SMILES string of the molecule is CCCN(CCC)C[C@@H]1C[C@H](OC)CN1. The predicted molar refractivity (Wildman–Crippen MR) is 64.2 cm³/mol. The molecule has 1 aliphatic heterocycles. The summed E-state index contributed by atoms with van der Waals surface area (Å²) in [5.74, 6) is 0. The summed E-state index contributed by atoms with van der Waals surface area (Å²) in [6, 6.07) is 0.632. The highest BCUT2D eigenvalue weighted by Gasteiger charge is 2.24. The van der Waals surface area contributed by atoms with Gasteiger partial charge in [-0.25, -0.2) is 0 Å². The molecule has 90 valence electrons. The smallest absolute Gasteiger partial charge is 0.0711 e. The van der Waals surface area contributed by atoms with Crippen molar-refractivity contribution in [2.45, 2.75) is 45.3 Å². The highest BCUT2D eigenvalue weighted by molar-refractivity contribution is 4.84. The fourth-order valence-corrected chi connectivity index (χ4v) is 2.34. The first-order valence-corrected chi connectivity index (χ1v) is 6.28. The van der Waals surface area contributed by atoms with Gasteiger partial charge in [0.2, 0.25) is 0 Å². The lowest BCUT2D eigenvalue weighted by molar-refractivity contribution is 0.115. The highest BCUT2D eigenvalue weighted by Crippen LogP contribution is 2.11. The van der Waals surface area contributed by atoms with E-state index < -0.39 is 0 Å². The standard InChI is InChI=1S/C12H26N2O/c1-4-6-14(7-5-2)10-11-8-12(15-3)9-13-11/h11-13H,4-10H2,1-3H3/t11-,12-/m0/s1. The van der Waals surface area contributed by atoms with Crippen molar-refractivity contribution in [3.05, 3.63) is 0 Å². The summed E-state index contributed by atoms with van der Waals surface area (Å²) in [4.78, 5) is 2.57. The third kappa shape index (κ3) is 4.49. The molecular weight excluding hydrogens is 188 g/mol. The molecule has 3 nitrogen and oxygen atoms in total. The quantitative estimate of drug-likeness (QED) is 0.695. The van der Waals surface area contributed by atoms with Gasteiger partial charge in [-0.2, -0.15) is 0 Å². The van der Waals surface area contributed by atoms with E-state index in [2.05, 4.69) is 24.1 Å². The van der Waals surface area contributed by atoms with Crippen LogP contribution in [0.2, 0.25) is 0 Å². The number of nitrogens with zero attached hydrogens (tertiary/aromatic N) is 1. The van der Waals surface area contributed by atoms with Crippen molar-refractivity contribution in [3.63, 3.8) is 0 Å². The molecule has 0 amide bonds. The van der Waals surface area contributed by atoms with E-state index in [1.165, 1.54) is 38.9 Å². The molecule has 0 aromatic carbocycles. The minimum atomic E-state index is 0.431. The zero-order chi connectivity index (χ0) is 11.1. The van der Waals surface area contributed by atoms with Gasteiger partial charge in [-0.05, 0) is 32.4 Å². The molecule has 1 saturated heterocycles. The van der Waals surface area contributed by atoms with Crippen LogP contribution in [0.3, 0.4) is 0 Å². The minimum absolute atomic E-state index is 0.431. The number of rotatable bonds is 7. The average molecular weight is 214 g/mol. The van der Waals surface area contributed by atoms with Crippen molar-refractivity contribution in [1.82, 2.24) is 10.2 Å². The lowest BCUT2D eigenvalue weighted by Gasteiger charge is -2.24. The van der Waals surface area contributed by atoms with Gasteiger partial charge in [0.15, 0.2) is 0 Å². The Morgan fingerprint density at radius 2 is 1.93 bits per heavy atom. The van der Waals surface area contributed by atoms with Crippen molar-refractivity contribution in [2.75, 3.05) is 33.3 Å². The first-order valence-electron chi connectivity index (χ1n) is 6.28. The van der Waals surface area contributed by atoms with E-state index in [0.29, 0.717) is 12.1 Å². The molecule has 1 N–H and O–H groups in total. The maximum atomic E-state index is 5.36. The highest BCUT2D eigenvalue weighted by atomic mass is 16.5. The van der Waals surface area contributed by atoms with Crippen LogP contribution in [0.15, 0.2) is 0 Å². The number of hydrogen-bond donors (Lipinski definition) is 1. The van der Waals surface area contributed by atoms with Gasteiger partial charge in [0.25, 0.3) is 0 Å². The van der Waals surface area contributed by atoms with E-state index in [1.54, 1.807) is 0 Å². The van der Waals surface area contributed by atoms with Gasteiger partial charge in [-0.1, -0.05) is 13.8 Å². The molecule has 0 unspecified atom stereocenters. The van der Waals surface area contributed by atoms with Crippen LogP contribution in [0.4, 0.5) is 0 Å². The molecule has 3 heteroatoms. The second kappa shape index (κ2) is 7.20. The van der Waals surface area contributed by atoms with Gasteiger partial charge < -0.3 is 15.0 Å². The number of nitrogens with one attached hydrogen (secondary N) is 1. The lowest BCUT2D eigenvalue weighted by atomic mass is 10.2.